The van der Waals surface area contributed by atoms with Gasteiger partial charge in [-0.05, 0) is 108 Å². The Hall–Kier alpha value is -10.1. The van der Waals surface area contributed by atoms with Gasteiger partial charge in [0.2, 0.25) is 95.4 Å². The number of hydrogen-bond donors (Lipinski definition) is 16. The van der Waals surface area contributed by atoms with Crippen LogP contribution in [0.3, 0.4) is 0 Å². The van der Waals surface area contributed by atoms with Crippen molar-refractivity contribution in [1.82, 2.24) is 124 Å². The van der Waals surface area contributed by atoms with Crippen LogP contribution in [0.1, 0.15) is 188 Å². The Morgan fingerprint density at radius 1 is 0.293 bits per heavy atom. The minimum atomic E-state index is 0.0866. The Labute approximate surface area is 698 Å². The zero-order valence-electron chi connectivity index (χ0n) is 77.5. The smallest absolute Gasteiger partial charge is 0.225 e. The average molecular weight is 1630 g/mol. The second kappa shape index (κ2) is 59.6. The van der Waals surface area contributed by atoms with E-state index in [1.807, 2.05) is 186 Å². The largest absolute Gasteiger partial charge is 0.356 e. The molecule has 8 rings (SSSR count). The van der Waals surface area contributed by atoms with Crippen LogP contribution in [0.15, 0.2) is 79.9 Å². The molecule has 8 heterocycles. The molecule has 0 spiro atoms. The first-order valence-electron chi connectivity index (χ1n) is 41.8. The quantitative estimate of drug-likeness (QED) is 0.0778. The number of unbranched alkanes of at least 4 members (excludes halogenated alkanes) is 6. The molecule has 8 atom stereocenters. The van der Waals surface area contributed by atoms with E-state index in [4.69, 9.17) is 0 Å². The van der Waals surface area contributed by atoms with Gasteiger partial charge in [0.25, 0.3) is 0 Å². The molecular formula is C76H160N40. The molecule has 8 aliphatic heterocycles. The van der Waals surface area contributed by atoms with E-state index >= 15 is 0 Å². The summed E-state index contributed by atoms with van der Waals surface area (Å²) in [5, 5.41) is 51.5. The maximum Gasteiger partial charge on any atom is 0.225 e. The Balaban J connectivity index is 0.000000664. The first-order valence-corrected chi connectivity index (χ1v) is 41.8. The van der Waals surface area contributed by atoms with Crippen LogP contribution in [0.5, 0.6) is 0 Å². The fourth-order valence-corrected chi connectivity index (χ4v) is 10.4. The lowest BCUT2D eigenvalue weighted by Crippen LogP contribution is -2.62. The molecule has 664 valence electrons. The highest BCUT2D eigenvalue weighted by Crippen LogP contribution is 2.06. The minimum Gasteiger partial charge on any atom is -0.356 e. The summed E-state index contributed by atoms with van der Waals surface area (Å²) in [6, 6.07) is 0. The van der Waals surface area contributed by atoms with Crippen molar-refractivity contribution in [2.75, 3.05) is 165 Å². The summed E-state index contributed by atoms with van der Waals surface area (Å²) < 4.78 is 0. The summed E-state index contributed by atoms with van der Waals surface area (Å²) >= 11 is 0. The molecule has 0 amide bonds. The molecule has 0 bridgehead atoms. The van der Waals surface area contributed by atoms with Gasteiger partial charge in [-0.25, -0.2) is 20.0 Å². The van der Waals surface area contributed by atoms with Crippen LogP contribution in [0.4, 0.5) is 0 Å². The van der Waals surface area contributed by atoms with Gasteiger partial charge < -0.3 is 105 Å². The van der Waals surface area contributed by atoms with Crippen molar-refractivity contribution in [1.29, 1.82) is 0 Å². The lowest BCUT2D eigenvalue weighted by atomic mass is 10.2. The fraction of sp³-hybridized carbons (Fsp3) is 0.789. The molecular weight excluding hydrogens is 1470 g/mol. The van der Waals surface area contributed by atoms with Crippen molar-refractivity contribution >= 4 is 95.4 Å². The fourth-order valence-electron chi connectivity index (χ4n) is 10.4. The lowest BCUT2D eigenvalue weighted by molar-refractivity contribution is 0.499. The first kappa shape index (κ1) is 104. The molecule has 8 aliphatic rings. The van der Waals surface area contributed by atoms with Gasteiger partial charge in [0, 0.05) is 165 Å². The van der Waals surface area contributed by atoms with Gasteiger partial charge in [-0.15, -0.1) is 0 Å². The van der Waals surface area contributed by atoms with Gasteiger partial charge in [0.15, 0.2) is 0 Å². The zero-order valence-corrected chi connectivity index (χ0v) is 77.5. The van der Waals surface area contributed by atoms with E-state index in [0.717, 1.165) is 180 Å². The van der Waals surface area contributed by atoms with E-state index in [9.17, 15) is 0 Å². The SMILES string of the molecule is CCCCCN=C1NC(C)NC(=NC)N1C.CCCCCNC1=NC(N(C)C)=NC(C)N1.CCCCN=C1NC(C)NC(=NC)N1C.CCCCNC1=NC(N(C)C)=NC(C)N1.CCCN=C1NC(C)NC(=NC)N1C.CCCNC1=NC(N(C)C)=NC(C)N1.CCN=C1NC(C)NC(=NC)N1C.CCNC1=NC(N(C)C)=NC(C)N1. The Bertz CT molecular complexity index is 3280. The van der Waals surface area contributed by atoms with E-state index in [1.165, 1.54) is 44.9 Å². The Kier molecular flexibility index (Phi) is 53.4. The molecule has 116 heavy (non-hydrogen) atoms. The van der Waals surface area contributed by atoms with Crippen LogP contribution < -0.4 is 85.1 Å². The highest BCUT2D eigenvalue weighted by atomic mass is 15.5. The van der Waals surface area contributed by atoms with Crippen LogP contribution in [0, 0.1) is 0 Å². The first-order chi connectivity index (χ1) is 55.3. The van der Waals surface area contributed by atoms with Gasteiger partial charge >= 0.3 is 0 Å². The summed E-state index contributed by atoms with van der Waals surface area (Å²) in [4.78, 5) is 84.6. The third kappa shape index (κ3) is 42.0. The molecule has 0 saturated carbocycles. The van der Waals surface area contributed by atoms with Crippen molar-refractivity contribution in [3.63, 3.8) is 0 Å². The molecule has 0 aliphatic carbocycles. The third-order valence-corrected chi connectivity index (χ3v) is 16.6. The molecule has 0 aromatic heterocycles. The topological polar surface area (TPSA) is 416 Å². The summed E-state index contributed by atoms with van der Waals surface area (Å²) in [5.74, 6) is 13.3. The maximum absolute atomic E-state index is 4.56. The predicted octanol–water partition coefficient (Wildman–Crippen LogP) is 3.23. The molecule has 8 unspecified atom stereocenters. The van der Waals surface area contributed by atoms with Crippen molar-refractivity contribution in [3.05, 3.63) is 0 Å². The normalized spacial score (nSPS) is 23.8. The van der Waals surface area contributed by atoms with Crippen LogP contribution in [-0.2, 0) is 0 Å². The molecule has 4 fully saturated rings. The van der Waals surface area contributed by atoms with Gasteiger partial charge in [-0.1, -0.05) is 80.1 Å². The second-order valence-electron chi connectivity index (χ2n) is 28.7. The van der Waals surface area contributed by atoms with Crippen molar-refractivity contribution < 1.29 is 0 Å². The van der Waals surface area contributed by atoms with E-state index in [0.29, 0.717) is 0 Å². The van der Waals surface area contributed by atoms with Gasteiger partial charge in [-0.3, -0.25) is 59.5 Å². The Morgan fingerprint density at radius 2 is 0.560 bits per heavy atom. The summed E-state index contributed by atoms with van der Waals surface area (Å²) in [7, 11) is 30.5. The highest BCUT2D eigenvalue weighted by molar-refractivity contribution is 6.04. The van der Waals surface area contributed by atoms with Crippen molar-refractivity contribution in [2.45, 2.75) is 237 Å². The van der Waals surface area contributed by atoms with Gasteiger partial charge in [0.05, 0.1) is 24.7 Å². The van der Waals surface area contributed by atoms with Crippen LogP contribution in [-0.4, -0.2) is 349 Å². The van der Waals surface area contributed by atoms with E-state index in [2.05, 4.69) is 213 Å². The van der Waals surface area contributed by atoms with E-state index in [1.54, 1.807) is 28.2 Å². The number of aliphatic imine (C=N–C) groups is 16. The van der Waals surface area contributed by atoms with Gasteiger partial charge in [0.1, 0.15) is 24.7 Å². The average Bonchev–Trinajstić information content (AvgIpc) is 0.892. The maximum atomic E-state index is 4.56. The minimum absolute atomic E-state index is 0.0866. The summed E-state index contributed by atoms with van der Waals surface area (Å²) in [6.07, 6.45) is 15.1. The number of rotatable bonds is 20. The monoisotopic (exact) mass is 1630 g/mol. The Morgan fingerprint density at radius 3 is 0.836 bits per heavy atom. The number of hydrogen-bond acceptors (Lipinski definition) is 28. The van der Waals surface area contributed by atoms with Crippen LogP contribution >= 0.6 is 0 Å². The van der Waals surface area contributed by atoms with Crippen LogP contribution in [0.25, 0.3) is 0 Å². The van der Waals surface area contributed by atoms with Gasteiger partial charge in [-0.2, -0.15) is 20.0 Å². The second-order valence-corrected chi connectivity index (χ2v) is 28.7. The molecule has 16 N–H and O–H groups in total. The molecule has 0 aromatic rings. The molecule has 0 aromatic carbocycles. The molecule has 4 saturated heterocycles. The molecule has 40 heteroatoms. The number of nitrogens with one attached hydrogen (secondary N) is 16. The highest BCUT2D eigenvalue weighted by Gasteiger charge is 2.26. The molecule has 40 nitrogen and oxygen atoms in total. The van der Waals surface area contributed by atoms with Crippen molar-refractivity contribution in [3.8, 4) is 0 Å². The van der Waals surface area contributed by atoms with Crippen molar-refractivity contribution in [2.24, 2.45) is 79.9 Å². The predicted molar refractivity (Wildman–Crippen MR) is 494 cm³/mol. The lowest BCUT2D eigenvalue weighted by Gasteiger charge is -2.34. The number of guanidine groups is 16. The standard InChI is InChI=1S/2C11H23N5.2C10H21N5.2C9H19N5.2C8H17N5/c1-5-6-7-8-12-10-13-9(2)14-11(15-10)16(3)4;1-5-6-7-8-13-11-15-9(2)14-10(12-3)16(11)4;1-5-6-7-11-9-12-8(2)13-10(14-9)15(3)4;1-5-6-7-12-10-14-8(2)13-9(11-3)15(10)4;1-5-6-10-8-11-7(2)12-9(13-8)14(3)4;1-5-6-11-9-13-7(2)12-8(10-3)14(9)4;1-5-9-7-10-6(2)11-8(12-7)13(3)4;1-5-10-8-12-6(2)11-7(9-3)13(8)4/h9H,5-8H2,1-4H3,(H2,12,13,14,15);9H,5-8H2,1-4H3,(H,12,14)(H,13,15);8H,5-7H2,1-4H3,(H2,11,12,13,14);8H,5-7H2,1-4H3,(H,11,13)(H,12,14);7H,5-6H2,1-4H3,(H2,10,11,12,13);7H,5-6H2,1-4H3,(H,10,12)(H,11,13);6H,5H2,1-4H3,(H2,9,10,11,12);6H,5H2,1-4H3,(H,9,11)(H,10,12). The third-order valence-electron chi connectivity index (χ3n) is 16.6. The number of nitrogens with zero attached hydrogens (tertiary/aromatic N) is 24. The van der Waals surface area contributed by atoms with E-state index in [-0.39, 0.29) is 49.3 Å². The summed E-state index contributed by atoms with van der Waals surface area (Å²) in [5.41, 5.74) is 0. The van der Waals surface area contributed by atoms with E-state index < -0.39 is 0 Å². The molecule has 0 radical (unpaired) electrons. The van der Waals surface area contributed by atoms with Crippen LogP contribution in [0.2, 0.25) is 0 Å². The zero-order chi connectivity index (χ0) is 87.2. The summed E-state index contributed by atoms with van der Waals surface area (Å²) in [6.45, 7) is 40.3.